The zero-order valence-electron chi connectivity index (χ0n) is 12.4. The Morgan fingerprint density at radius 2 is 1.58 bits per heavy atom. The molecule has 0 radical (unpaired) electrons. The molecule has 1 atom stereocenters. The molecule has 1 heterocycles. The molecule has 1 rings (SSSR count). The number of piperidine rings is 1. The van der Waals surface area contributed by atoms with Crippen molar-refractivity contribution in [2.75, 3.05) is 19.6 Å². The third-order valence-corrected chi connectivity index (χ3v) is 3.72. The van der Waals surface area contributed by atoms with Gasteiger partial charge >= 0.3 is 23.9 Å². The highest BCUT2D eigenvalue weighted by atomic mass is 19.4. The average Bonchev–Trinajstić information content (AvgIpc) is 2.45. The summed E-state index contributed by atoms with van der Waals surface area (Å²) in [6.07, 6.45) is -6.41. The summed E-state index contributed by atoms with van der Waals surface area (Å²) in [5.41, 5.74) is 0. The van der Waals surface area contributed by atoms with Crippen LogP contribution in [0.2, 0.25) is 0 Å². The smallest absolute Gasteiger partial charge is 0.347 e. The first-order chi connectivity index (χ1) is 10.7. The number of halogens is 9. The van der Waals surface area contributed by atoms with Crippen molar-refractivity contribution in [3.05, 3.63) is 0 Å². The van der Waals surface area contributed by atoms with Crippen LogP contribution in [-0.2, 0) is 4.79 Å². The lowest BCUT2D eigenvalue weighted by molar-refractivity contribution is -0.388. The van der Waals surface area contributed by atoms with Crippen LogP contribution >= 0.6 is 0 Å². The van der Waals surface area contributed by atoms with E-state index in [0.29, 0.717) is 19.5 Å². The first-order valence-electron chi connectivity index (χ1n) is 6.92. The van der Waals surface area contributed by atoms with Crippen molar-refractivity contribution >= 4 is 5.91 Å². The number of alkyl halides is 9. The summed E-state index contributed by atoms with van der Waals surface area (Å²) in [5, 5.41) is 1.44. The molecule has 0 aromatic heterocycles. The molecule has 3 nitrogen and oxygen atoms in total. The zero-order valence-corrected chi connectivity index (χ0v) is 12.4. The standard InChI is InChI=1S/C12H15F9N2O/c1-2-23-5-3-4-7(6-23)22-8(24)9(13,14)10(15,16)11(17,18)12(19,20)21/h7H,2-6H2,1H3,(H,22,24). The lowest BCUT2D eigenvalue weighted by Gasteiger charge is -2.35. The molecule has 1 aliphatic heterocycles. The third-order valence-electron chi connectivity index (χ3n) is 3.72. The second-order valence-electron chi connectivity index (χ2n) is 5.43. The molecular weight excluding hydrogens is 359 g/mol. The molecule has 1 aliphatic rings. The Balaban J connectivity index is 2.95. The van der Waals surface area contributed by atoms with Crippen molar-refractivity contribution in [2.24, 2.45) is 0 Å². The van der Waals surface area contributed by atoms with Gasteiger partial charge in [-0.25, -0.2) is 0 Å². The molecule has 1 unspecified atom stereocenters. The first-order valence-corrected chi connectivity index (χ1v) is 6.92. The quantitative estimate of drug-likeness (QED) is 0.751. The maximum Gasteiger partial charge on any atom is 0.460 e. The number of likely N-dealkylation sites (N-methyl/N-ethyl adjacent to an activating group) is 1. The zero-order chi connectivity index (χ0) is 19.0. The van der Waals surface area contributed by atoms with Crippen LogP contribution in [0.25, 0.3) is 0 Å². The Morgan fingerprint density at radius 3 is 2.04 bits per heavy atom. The lowest BCUT2D eigenvalue weighted by atomic mass is 10.0. The van der Waals surface area contributed by atoms with Crippen LogP contribution in [0.5, 0.6) is 0 Å². The van der Waals surface area contributed by atoms with Crippen molar-refractivity contribution in [3.63, 3.8) is 0 Å². The topological polar surface area (TPSA) is 32.3 Å². The van der Waals surface area contributed by atoms with E-state index in [1.807, 2.05) is 0 Å². The maximum atomic E-state index is 13.4. The second kappa shape index (κ2) is 6.60. The minimum atomic E-state index is -7.07. The Kier molecular flexibility index (Phi) is 5.73. The molecule has 0 saturated carbocycles. The van der Waals surface area contributed by atoms with Crippen molar-refractivity contribution < 1.29 is 44.3 Å². The largest absolute Gasteiger partial charge is 0.460 e. The number of hydrogen-bond donors (Lipinski definition) is 1. The van der Waals surface area contributed by atoms with E-state index < -0.39 is 35.9 Å². The Hall–Kier alpha value is -1.20. The molecule has 1 N–H and O–H groups in total. The summed E-state index contributed by atoms with van der Waals surface area (Å²) in [4.78, 5) is 13.0. The molecule has 0 aromatic rings. The van der Waals surface area contributed by atoms with Crippen LogP contribution in [0.1, 0.15) is 19.8 Å². The molecule has 1 fully saturated rings. The van der Waals surface area contributed by atoms with Gasteiger partial charge in [0, 0.05) is 12.6 Å². The minimum absolute atomic E-state index is 0.000441. The van der Waals surface area contributed by atoms with Crippen LogP contribution in [0.3, 0.4) is 0 Å². The van der Waals surface area contributed by atoms with E-state index in [-0.39, 0.29) is 13.0 Å². The number of nitrogens with one attached hydrogen (secondary N) is 1. The number of rotatable bonds is 5. The van der Waals surface area contributed by atoms with Crippen molar-refractivity contribution in [1.82, 2.24) is 10.2 Å². The van der Waals surface area contributed by atoms with Gasteiger partial charge in [0.2, 0.25) is 0 Å². The van der Waals surface area contributed by atoms with E-state index in [9.17, 15) is 44.3 Å². The van der Waals surface area contributed by atoms with E-state index in [0.717, 1.165) is 0 Å². The van der Waals surface area contributed by atoms with Gasteiger partial charge in [-0.15, -0.1) is 0 Å². The minimum Gasteiger partial charge on any atom is -0.347 e. The van der Waals surface area contributed by atoms with E-state index in [4.69, 9.17) is 0 Å². The molecule has 0 aliphatic carbocycles. The maximum absolute atomic E-state index is 13.4. The fourth-order valence-corrected chi connectivity index (χ4v) is 2.25. The number of nitrogens with zero attached hydrogens (tertiary/aromatic N) is 1. The van der Waals surface area contributed by atoms with E-state index in [1.165, 1.54) is 5.32 Å². The van der Waals surface area contributed by atoms with Gasteiger partial charge < -0.3 is 10.2 Å². The van der Waals surface area contributed by atoms with Gasteiger partial charge in [-0.2, -0.15) is 39.5 Å². The van der Waals surface area contributed by atoms with Crippen molar-refractivity contribution in [2.45, 2.75) is 49.8 Å². The summed E-state index contributed by atoms with van der Waals surface area (Å²) in [5.74, 6) is -23.1. The van der Waals surface area contributed by atoms with E-state index in [1.54, 1.807) is 11.8 Å². The Labute approximate surface area is 131 Å². The van der Waals surface area contributed by atoms with Crippen LogP contribution in [0.4, 0.5) is 39.5 Å². The number of carbonyl (C=O) groups excluding carboxylic acids is 1. The fraction of sp³-hybridized carbons (Fsp3) is 0.917. The molecule has 0 bridgehead atoms. The summed E-state index contributed by atoms with van der Waals surface area (Å²) in [6.45, 7) is 2.73. The molecule has 1 amide bonds. The van der Waals surface area contributed by atoms with Crippen molar-refractivity contribution in [1.29, 1.82) is 0 Å². The fourth-order valence-electron chi connectivity index (χ4n) is 2.25. The molecule has 1 saturated heterocycles. The monoisotopic (exact) mass is 374 g/mol. The summed E-state index contributed by atoms with van der Waals surface area (Å²) >= 11 is 0. The summed E-state index contributed by atoms with van der Waals surface area (Å²) in [7, 11) is 0. The van der Waals surface area contributed by atoms with Crippen LogP contribution in [0.15, 0.2) is 0 Å². The Morgan fingerprint density at radius 1 is 1.04 bits per heavy atom. The first kappa shape index (κ1) is 20.8. The van der Waals surface area contributed by atoms with Gasteiger partial charge in [0.15, 0.2) is 0 Å². The van der Waals surface area contributed by atoms with E-state index in [2.05, 4.69) is 0 Å². The summed E-state index contributed by atoms with van der Waals surface area (Å²) < 4.78 is 114. The molecule has 0 spiro atoms. The van der Waals surface area contributed by atoms with Crippen LogP contribution < -0.4 is 5.32 Å². The van der Waals surface area contributed by atoms with Gasteiger partial charge in [-0.1, -0.05) is 6.92 Å². The summed E-state index contributed by atoms with van der Waals surface area (Å²) in [6, 6.07) is -1.05. The van der Waals surface area contributed by atoms with Gasteiger partial charge in [0.05, 0.1) is 0 Å². The highest BCUT2D eigenvalue weighted by Gasteiger charge is 2.83. The van der Waals surface area contributed by atoms with E-state index >= 15 is 0 Å². The molecule has 0 aromatic carbocycles. The van der Waals surface area contributed by atoms with Crippen LogP contribution in [-0.4, -0.2) is 60.4 Å². The normalized spacial score (nSPS) is 21.7. The highest BCUT2D eigenvalue weighted by Crippen LogP contribution is 2.53. The predicted octanol–water partition coefficient (Wildman–Crippen LogP) is 3.06. The number of likely N-dealkylation sites (tertiary alicyclic amines) is 1. The molecule has 142 valence electrons. The number of carbonyl (C=O) groups is 1. The third kappa shape index (κ3) is 3.57. The average molecular weight is 374 g/mol. The highest BCUT2D eigenvalue weighted by molar-refractivity contribution is 5.85. The van der Waals surface area contributed by atoms with Crippen LogP contribution in [0, 0.1) is 0 Å². The number of amides is 1. The SMILES string of the molecule is CCN1CCCC(NC(=O)C(F)(F)C(F)(F)C(F)(F)C(F)(F)F)C1. The van der Waals surface area contributed by atoms with Gasteiger partial charge in [-0.3, -0.25) is 4.79 Å². The second-order valence-corrected chi connectivity index (χ2v) is 5.43. The molecular formula is C12H15F9N2O. The van der Waals surface area contributed by atoms with Gasteiger partial charge in [-0.05, 0) is 25.9 Å². The van der Waals surface area contributed by atoms with Crippen molar-refractivity contribution in [3.8, 4) is 0 Å². The Bertz CT molecular complexity index is 464. The van der Waals surface area contributed by atoms with Gasteiger partial charge in [0.1, 0.15) is 0 Å². The molecule has 12 heteroatoms. The predicted molar refractivity (Wildman–Crippen MR) is 64.2 cm³/mol. The molecule has 24 heavy (non-hydrogen) atoms. The lowest BCUT2D eigenvalue weighted by Crippen LogP contribution is -2.66. The van der Waals surface area contributed by atoms with Gasteiger partial charge in [0.25, 0.3) is 5.91 Å². The number of hydrogen-bond acceptors (Lipinski definition) is 2.